The molecule has 2 aromatic rings. The zero-order valence-electron chi connectivity index (χ0n) is 22.4. The quantitative estimate of drug-likeness (QED) is 0.294. The van der Waals surface area contributed by atoms with Crippen LogP contribution >= 0.6 is 34.8 Å². The topological polar surface area (TPSA) is 86.8 Å². The lowest BCUT2D eigenvalue weighted by molar-refractivity contribution is -0.141. The number of amides is 2. The first-order valence-electron chi connectivity index (χ1n) is 12.6. The predicted molar refractivity (Wildman–Crippen MR) is 157 cm³/mol. The van der Waals surface area contributed by atoms with Crippen LogP contribution in [0, 0.1) is 6.92 Å². The van der Waals surface area contributed by atoms with Crippen molar-refractivity contribution in [1.29, 1.82) is 0 Å². The Kier molecular flexibility index (Phi) is 12.2. The fraction of sp³-hybridized carbons (Fsp3) is 0.481. The third-order valence-corrected chi connectivity index (χ3v) is 8.47. The molecule has 0 saturated heterocycles. The first-order valence-corrected chi connectivity index (χ1v) is 15.5. The highest BCUT2D eigenvalue weighted by atomic mass is 35.5. The Morgan fingerprint density at radius 3 is 2.26 bits per heavy atom. The largest absolute Gasteiger partial charge is 0.352 e. The molecular weight excluding hydrogens is 569 g/mol. The van der Waals surface area contributed by atoms with Crippen molar-refractivity contribution >= 4 is 62.3 Å². The molecule has 2 aromatic carbocycles. The molecule has 11 heteroatoms. The summed E-state index contributed by atoms with van der Waals surface area (Å²) in [7, 11) is -3.63. The summed E-state index contributed by atoms with van der Waals surface area (Å²) < 4.78 is 26.4. The van der Waals surface area contributed by atoms with Gasteiger partial charge in [-0.15, -0.1) is 0 Å². The molecule has 0 aromatic heterocycles. The molecule has 38 heavy (non-hydrogen) atoms. The van der Waals surface area contributed by atoms with Crippen LogP contribution in [-0.2, 0) is 26.2 Å². The second-order valence-corrected chi connectivity index (χ2v) is 12.5. The molecule has 2 atom stereocenters. The fourth-order valence-electron chi connectivity index (χ4n) is 4.03. The van der Waals surface area contributed by atoms with Gasteiger partial charge in [0.1, 0.15) is 6.04 Å². The van der Waals surface area contributed by atoms with Crippen molar-refractivity contribution in [2.75, 3.05) is 17.1 Å². The number of aryl methyl sites for hydroxylation is 1. The maximum absolute atomic E-state index is 13.5. The average Bonchev–Trinajstić information content (AvgIpc) is 2.84. The summed E-state index contributed by atoms with van der Waals surface area (Å²) in [6.45, 7) is 7.78. The van der Waals surface area contributed by atoms with E-state index in [1.807, 2.05) is 20.8 Å². The Hall–Kier alpha value is -2.00. The van der Waals surface area contributed by atoms with Gasteiger partial charge in [-0.05, 0) is 68.5 Å². The lowest BCUT2D eigenvalue weighted by Gasteiger charge is -2.32. The monoisotopic (exact) mass is 603 g/mol. The molecule has 0 bridgehead atoms. The molecule has 7 nitrogen and oxygen atoms in total. The zero-order valence-corrected chi connectivity index (χ0v) is 25.5. The number of nitrogens with one attached hydrogen (secondary N) is 1. The zero-order chi connectivity index (χ0) is 28.6. The molecule has 0 aliphatic carbocycles. The molecule has 0 heterocycles. The molecule has 2 rings (SSSR count). The third-order valence-electron chi connectivity index (χ3n) is 6.32. The average molecular weight is 605 g/mol. The Morgan fingerprint density at radius 1 is 1.00 bits per heavy atom. The highest BCUT2D eigenvalue weighted by Crippen LogP contribution is 2.27. The van der Waals surface area contributed by atoms with E-state index in [2.05, 4.69) is 5.32 Å². The molecule has 0 aliphatic heterocycles. The molecule has 210 valence electrons. The number of hydrogen-bond donors (Lipinski definition) is 1. The highest BCUT2D eigenvalue weighted by Gasteiger charge is 2.29. The van der Waals surface area contributed by atoms with Gasteiger partial charge in [0.25, 0.3) is 0 Å². The van der Waals surface area contributed by atoms with Gasteiger partial charge in [-0.2, -0.15) is 0 Å². The maximum atomic E-state index is 13.5. The summed E-state index contributed by atoms with van der Waals surface area (Å²) in [6.07, 6.45) is 2.58. The van der Waals surface area contributed by atoms with Crippen molar-refractivity contribution in [2.24, 2.45) is 0 Å². The van der Waals surface area contributed by atoms with Crippen molar-refractivity contribution in [3.05, 3.63) is 62.6 Å². The van der Waals surface area contributed by atoms with E-state index in [9.17, 15) is 18.0 Å². The van der Waals surface area contributed by atoms with Crippen molar-refractivity contribution in [3.63, 3.8) is 0 Å². The van der Waals surface area contributed by atoms with E-state index < -0.39 is 16.1 Å². The lowest BCUT2D eigenvalue weighted by Crippen LogP contribution is -2.50. The summed E-state index contributed by atoms with van der Waals surface area (Å²) in [5, 5.41) is 4.14. The summed E-state index contributed by atoms with van der Waals surface area (Å²) in [5.41, 5.74) is 1.95. The first kappa shape index (κ1) is 32.2. The van der Waals surface area contributed by atoms with E-state index in [0.717, 1.165) is 23.8 Å². The molecule has 0 aliphatic rings. The van der Waals surface area contributed by atoms with Gasteiger partial charge in [-0.3, -0.25) is 13.9 Å². The van der Waals surface area contributed by atoms with Crippen LogP contribution in [-0.4, -0.2) is 50.0 Å². The minimum Gasteiger partial charge on any atom is -0.352 e. The molecule has 2 amide bonds. The van der Waals surface area contributed by atoms with Gasteiger partial charge in [0.2, 0.25) is 21.8 Å². The van der Waals surface area contributed by atoms with Crippen LogP contribution in [0.4, 0.5) is 5.69 Å². The molecule has 0 spiro atoms. The Balaban J connectivity index is 2.29. The number of halogens is 3. The normalized spacial score (nSPS) is 13.1. The number of nitrogens with zero attached hydrogens (tertiary/aromatic N) is 2. The molecule has 0 unspecified atom stereocenters. The number of hydrogen-bond acceptors (Lipinski definition) is 4. The number of carbonyl (C=O) groups excluding carboxylic acids is 2. The summed E-state index contributed by atoms with van der Waals surface area (Å²) in [4.78, 5) is 28.2. The van der Waals surface area contributed by atoms with Crippen LogP contribution in [0.3, 0.4) is 0 Å². The maximum Gasteiger partial charge on any atom is 0.243 e. The molecule has 0 radical (unpaired) electrons. The summed E-state index contributed by atoms with van der Waals surface area (Å²) in [5.74, 6) is -0.499. The van der Waals surface area contributed by atoms with E-state index in [-0.39, 0.29) is 43.8 Å². The van der Waals surface area contributed by atoms with Crippen LogP contribution in [0.2, 0.25) is 15.1 Å². The van der Waals surface area contributed by atoms with Crippen molar-refractivity contribution < 1.29 is 18.0 Å². The lowest BCUT2D eigenvalue weighted by atomic mass is 10.1. The molecule has 1 N–H and O–H groups in total. The minimum absolute atomic E-state index is 0.0391. The number of sulfonamides is 1. The molecule has 0 fully saturated rings. The first-order chi connectivity index (χ1) is 17.8. The van der Waals surface area contributed by atoms with Gasteiger partial charge in [0.05, 0.1) is 22.0 Å². The van der Waals surface area contributed by atoms with E-state index in [1.54, 1.807) is 43.3 Å². The second kappa shape index (κ2) is 14.4. The summed E-state index contributed by atoms with van der Waals surface area (Å²) >= 11 is 18.4. The molecule has 0 saturated carbocycles. The van der Waals surface area contributed by atoms with Crippen LogP contribution < -0.4 is 9.62 Å². The van der Waals surface area contributed by atoms with E-state index in [1.165, 1.54) is 9.21 Å². The standard InChI is InChI=1S/C27H36Cl3N3O4S/c1-6-19(4)31-27(35)24(7-2)32(17-20-11-13-22(29)23(30)15-20)26(34)9-8-14-33(38(5,36)37)25-16-21(28)12-10-18(25)3/h10-13,15-16,19,24H,6-9,14,17H2,1-5H3,(H,31,35)/t19-,24+/m0/s1. The molecular formula is C27H36Cl3N3O4S. The van der Waals surface area contributed by atoms with Crippen molar-refractivity contribution in [1.82, 2.24) is 10.2 Å². The van der Waals surface area contributed by atoms with Crippen LogP contribution in [0.15, 0.2) is 36.4 Å². The van der Waals surface area contributed by atoms with Crippen LogP contribution in [0.5, 0.6) is 0 Å². The number of benzene rings is 2. The SMILES string of the molecule is CC[C@H](C(=O)N[C@@H](C)CC)N(Cc1ccc(Cl)c(Cl)c1)C(=O)CCCN(c1cc(Cl)ccc1C)S(C)(=O)=O. The van der Waals surface area contributed by atoms with E-state index in [0.29, 0.717) is 27.2 Å². The predicted octanol–water partition coefficient (Wildman–Crippen LogP) is 6.22. The van der Waals surface area contributed by atoms with Gasteiger partial charge in [-0.1, -0.05) is 60.8 Å². The number of anilines is 1. The van der Waals surface area contributed by atoms with E-state index in [4.69, 9.17) is 34.8 Å². The Bertz CT molecular complexity index is 1240. The van der Waals surface area contributed by atoms with Crippen LogP contribution in [0.1, 0.15) is 57.6 Å². The fourth-order valence-corrected chi connectivity index (χ4v) is 5.53. The Labute approximate surface area is 241 Å². The van der Waals surface area contributed by atoms with Gasteiger partial charge in [0, 0.05) is 30.6 Å². The Morgan fingerprint density at radius 2 is 1.68 bits per heavy atom. The van der Waals surface area contributed by atoms with Gasteiger partial charge in [-0.25, -0.2) is 8.42 Å². The number of rotatable bonds is 13. The van der Waals surface area contributed by atoms with Crippen LogP contribution in [0.25, 0.3) is 0 Å². The minimum atomic E-state index is -3.63. The van der Waals surface area contributed by atoms with Crippen molar-refractivity contribution in [2.45, 2.75) is 72.0 Å². The van der Waals surface area contributed by atoms with Gasteiger partial charge >= 0.3 is 0 Å². The van der Waals surface area contributed by atoms with Gasteiger partial charge in [0.15, 0.2) is 0 Å². The van der Waals surface area contributed by atoms with E-state index >= 15 is 0 Å². The second-order valence-electron chi connectivity index (χ2n) is 9.38. The van der Waals surface area contributed by atoms with Crippen molar-refractivity contribution in [3.8, 4) is 0 Å². The number of carbonyl (C=O) groups is 2. The van der Waals surface area contributed by atoms with Gasteiger partial charge < -0.3 is 10.2 Å². The smallest absolute Gasteiger partial charge is 0.243 e. The summed E-state index contributed by atoms with van der Waals surface area (Å²) in [6, 6.07) is 9.40. The highest BCUT2D eigenvalue weighted by molar-refractivity contribution is 7.92. The third kappa shape index (κ3) is 9.04.